The van der Waals surface area contributed by atoms with Crippen molar-refractivity contribution in [3.8, 4) is 5.75 Å². The highest BCUT2D eigenvalue weighted by Crippen LogP contribution is 2.27. The van der Waals surface area contributed by atoms with Gasteiger partial charge >= 0.3 is 5.97 Å². The minimum absolute atomic E-state index is 0.273. The minimum atomic E-state index is -0.866. The van der Waals surface area contributed by atoms with Crippen LogP contribution in [0.1, 0.15) is 27.0 Å². The normalized spacial score (nSPS) is 11.4. The summed E-state index contributed by atoms with van der Waals surface area (Å²) < 4.78 is 11.4. The van der Waals surface area contributed by atoms with Gasteiger partial charge in [-0.1, -0.05) is 83.9 Å². The summed E-state index contributed by atoms with van der Waals surface area (Å²) in [6.07, 6.45) is 0.273. The molecule has 0 aliphatic heterocycles. The predicted octanol–water partition coefficient (Wildman–Crippen LogP) is 7.95. The smallest absolute Gasteiger partial charge is 0.329 e. The average molecular weight is 599 g/mol. The van der Waals surface area contributed by atoms with E-state index in [2.05, 4.69) is 67.3 Å². The third kappa shape index (κ3) is 7.98. The van der Waals surface area contributed by atoms with Crippen LogP contribution in [0.4, 0.5) is 17.1 Å². The molecule has 45 heavy (non-hydrogen) atoms. The molecule has 0 saturated carbocycles. The van der Waals surface area contributed by atoms with Gasteiger partial charge in [0.25, 0.3) is 5.91 Å². The molecule has 0 saturated heterocycles. The van der Waals surface area contributed by atoms with Gasteiger partial charge in [-0.05, 0) is 80.1 Å². The summed E-state index contributed by atoms with van der Waals surface area (Å²) >= 11 is 0. The number of carbonyl (C=O) groups excluding carboxylic acids is 2. The van der Waals surface area contributed by atoms with E-state index < -0.39 is 12.0 Å². The SMILES string of the molecule is COC(=O)[C@H](Cc1ccc(OCCN(c2ccc(C)cc2)c2ccc(C)cc2)cc1)N(C(=O)c1ccccc1)c1ccccc1. The molecule has 5 aromatic rings. The predicted molar refractivity (Wildman–Crippen MR) is 181 cm³/mol. The first-order valence-corrected chi connectivity index (χ1v) is 15.1. The summed E-state index contributed by atoms with van der Waals surface area (Å²) in [4.78, 5) is 30.7. The van der Waals surface area contributed by atoms with Crippen LogP contribution in [0.25, 0.3) is 0 Å². The number of para-hydroxylation sites is 1. The Morgan fingerprint density at radius 3 is 1.71 bits per heavy atom. The standard InChI is InChI=1S/C39H38N2O4/c1-29-14-20-33(21-15-29)40(34-22-16-30(2)17-23-34)26-27-45-36-24-18-31(19-25-36)28-37(39(43)44-3)41(35-12-8-5-9-13-35)38(42)32-10-6-4-7-11-32/h4-25,37H,26-28H2,1-3H3/t37-/m0/s1. The number of methoxy groups -OCH3 is 1. The van der Waals surface area contributed by atoms with Crippen molar-refractivity contribution in [3.63, 3.8) is 0 Å². The largest absolute Gasteiger partial charge is 0.492 e. The Labute approximate surface area is 265 Å². The van der Waals surface area contributed by atoms with Crippen molar-refractivity contribution >= 4 is 28.9 Å². The van der Waals surface area contributed by atoms with E-state index in [1.54, 1.807) is 12.1 Å². The van der Waals surface area contributed by atoms with E-state index >= 15 is 0 Å². The molecule has 1 amide bonds. The number of nitrogens with zero attached hydrogens (tertiary/aromatic N) is 2. The molecular weight excluding hydrogens is 560 g/mol. The Morgan fingerprint density at radius 2 is 1.18 bits per heavy atom. The molecule has 0 aliphatic carbocycles. The van der Waals surface area contributed by atoms with E-state index in [1.807, 2.05) is 72.8 Å². The first-order chi connectivity index (χ1) is 21.9. The fourth-order valence-electron chi connectivity index (χ4n) is 5.22. The Balaban J connectivity index is 1.31. The molecule has 228 valence electrons. The lowest BCUT2D eigenvalue weighted by atomic mass is 10.0. The van der Waals surface area contributed by atoms with Crippen LogP contribution >= 0.6 is 0 Å². The van der Waals surface area contributed by atoms with Crippen LogP contribution in [0.2, 0.25) is 0 Å². The van der Waals surface area contributed by atoms with Crippen LogP contribution in [-0.2, 0) is 16.0 Å². The van der Waals surface area contributed by atoms with Gasteiger partial charge in [0.05, 0.1) is 13.7 Å². The Hall–Kier alpha value is -5.36. The Morgan fingerprint density at radius 1 is 0.644 bits per heavy atom. The highest BCUT2D eigenvalue weighted by Gasteiger charge is 2.33. The van der Waals surface area contributed by atoms with Gasteiger partial charge in [0.1, 0.15) is 18.4 Å². The average Bonchev–Trinajstić information content (AvgIpc) is 3.08. The van der Waals surface area contributed by atoms with E-state index in [0.717, 1.165) is 22.7 Å². The fraction of sp³-hybridized carbons (Fsp3) is 0.179. The van der Waals surface area contributed by atoms with E-state index in [4.69, 9.17) is 9.47 Å². The van der Waals surface area contributed by atoms with Gasteiger partial charge in [0.15, 0.2) is 0 Å². The van der Waals surface area contributed by atoms with Crippen LogP contribution in [0.5, 0.6) is 5.75 Å². The van der Waals surface area contributed by atoms with Gasteiger partial charge < -0.3 is 14.4 Å². The van der Waals surface area contributed by atoms with Crippen LogP contribution in [-0.4, -0.2) is 38.2 Å². The van der Waals surface area contributed by atoms with Gasteiger partial charge in [0.2, 0.25) is 0 Å². The lowest BCUT2D eigenvalue weighted by molar-refractivity contribution is -0.142. The van der Waals surface area contributed by atoms with Gasteiger partial charge in [-0.25, -0.2) is 4.79 Å². The Bertz CT molecular complexity index is 1620. The third-order valence-electron chi connectivity index (χ3n) is 7.69. The number of carbonyl (C=O) groups is 2. The lowest BCUT2D eigenvalue weighted by Gasteiger charge is -2.30. The topological polar surface area (TPSA) is 59.1 Å². The van der Waals surface area contributed by atoms with E-state index in [0.29, 0.717) is 24.4 Å². The number of hydrogen-bond acceptors (Lipinski definition) is 5. The number of rotatable bonds is 12. The molecule has 6 heteroatoms. The molecule has 0 spiro atoms. The highest BCUT2D eigenvalue weighted by atomic mass is 16.5. The maximum absolute atomic E-state index is 13.8. The zero-order valence-electron chi connectivity index (χ0n) is 25.9. The van der Waals surface area contributed by atoms with Crippen molar-refractivity contribution < 1.29 is 19.1 Å². The number of amides is 1. The van der Waals surface area contributed by atoms with Crippen molar-refractivity contribution in [2.24, 2.45) is 0 Å². The van der Waals surface area contributed by atoms with Gasteiger partial charge in [-0.15, -0.1) is 0 Å². The third-order valence-corrected chi connectivity index (χ3v) is 7.69. The molecule has 0 fully saturated rings. The molecule has 0 aliphatic rings. The van der Waals surface area contributed by atoms with Crippen LogP contribution in [0, 0.1) is 13.8 Å². The molecule has 6 nitrogen and oxygen atoms in total. The summed E-state index contributed by atoms with van der Waals surface area (Å²) in [7, 11) is 1.35. The molecule has 0 aromatic heterocycles. The fourth-order valence-corrected chi connectivity index (χ4v) is 5.22. The second-order valence-electron chi connectivity index (χ2n) is 10.9. The van der Waals surface area contributed by atoms with Gasteiger partial charge in [-0.2, -0.15) is 0 Å². The van der Waals surface area contributed by atoms with Crippen LogP contribution < -0.4 is 14.5 Å². The number of aryl methyl sites for hydroxylation is 2. The zero-order valence-corrected chi connectivity index (χ0v) is 25.9. The molecule has 0 heterocycles. The van der Waals surface area contributed by atoms with Gasteiger partial charge in [0, 0.05) is 29.0 Å². The number of benzene rings is 5. The molecule has 0 radical (unpaired) electrons. The molecule has 5 rings (SSSR count). The lowest BCUT2D eigenvalue weighted by Crippen LogP contribution is -2.47. The number of esters is 1. The number of hydrogen-bond donors (Lipinski definition) is 0. The highest BCUT2D eigenvalue weighted by molar-refractivity contribution is 6.09. The molecule has 5 aromatic carbocycles. The monoisotopic (exact) mass is 598 g/mol. The summed E-state index contributed by atoms with van der Waals surface area (Å²) in [6, 6.07) is 42.0. The van der Waals surface area contributed by atoms with Crippen molar-refractivity contribution in [1.82, 2.24) is 0 Å². The zero-order chi connectivity index (χ0) is 31.6. The minimum Gasteiger partial charge on any atom is -0.492 e. The van der Waals surface area contributed by atoms with Crippen molar-refractivity contribution in [1.29, 1.82) is 0 Å². The molecule has 1 atom stereocenters. The van der Waals surface area contributed by atoms with Crippen molar-refractivity contribution in [3.05, 3.63) is 156 Å². The number of ether oxygens (including phenoxy) is 2. The molecule has 0 unspecified atom stereocenters. The van der Waals surface area contributed by atoms with Crippen molar-refractivity contribution in [2.75, 3.05) is 30.1 Å². The maximum Gasteiger partial charge on any atom is 0.329 e. The summed E-state index contributed by atoms with van der Waals surface area (Å²) in [5.41, 5.74) is 6.61. The van der Waals surface area contributed by atoms with E-state index in [1.165, 1.54) is 23.1 Å². The van der Waals surface area contributed by atoms with E-state index in [9.17, 15) is 9.59 Å². The summed E-state index contributed by atoms with van der Waals surface area (Å²) in [6.45, 7) is 5.30. The second kappa shape index (κ2) is 14.9. The van der Waals surface area contributed by atoms with Crippen molar-refractivity contribution in [2.45, 2.75) is 26.3 Å². The van der Waals surface area contributed by atoms with Crippen LogP contribution in [0.3, 0.4) is 0 Å². The quantitative estimate of drug-likeness (QED) is 0.136. The first kappa shape index (κ1) is 31.1. The second-order valence-corrected chi connectivity index (χ2v) is 10.9. The van der Waals surface area contributed by atoms with Gasteiger partial charge in [-0.3, -0.25) is 9.69 Å². The van der Waals surface area contributed by atoms with E-state index in [-0.39, 0.29) is 12.3 Å². The Kier molecular flexibility index (Phi) is 10.3. The number of anilines is 3. The van der Waals surface area contributed by atoms with Crippen LogP contribution in [0.15, 0.2) is 133 Å². The molecule has 0 N–H and O–H groups in total. The molecule has 0 bridgehead atoms. The first-order valence-electron chi connectivity index (χ1n) is 15.1. The summed E-state index contributed by atoms with van der Waals surface area (Å²) in [5, 5.41) is 0. The maximum atomic E-state index is 13.8. The summed E-state index contributed by atoms with van der Waals surface area (Å²) in [5.74, 6) is -0.0407. The molecular formula is C39H38N2O4.